The maximum atomic E-state index is 10.6. The lowest BCUT2D eigenvalue weighted by Crippen LogP contribution is -2.33. The Morgan fingerprint density at radius 1 is 0.870 bits per heavy atom. The highest BCUT2D eigenvalue weighted by atomic mass is 16.7. The minimum atomic E-state index is -1.27. The van der Waals surface area contributed by atoms with Gasteiger partial charge in [0.2, 0.25) is 0 Å². The van der Waals surface area contributed by atoms with Gasteiger partial charge in [0.25, 0.3) is 0 Å². The van der Waals surface area contributed by atoms with E-state index in [1.54, 1.807) is 0 Å². The summed E-state index contributed by atoms with van der Waals surface area (Å²) in [6.45, 7) is 1.05. The molecule has 23 heavy (non-hydrogen) atoms. The normalized spacial score (nSPS) is 12.6. The minimum absolute atomic E-state index is 0.0464. The number of fused-ring (bicyclic) bond motifs is 2. The third kappa shape index (κ3) is 2.93. The zero-order valence-electron chi connectivity index (χ0n) is 12.6. The summed E-state index contributed by atoms with van der Waals surface area (Å²) in [5.41, 5.74) is 3.90. The molecule has 0 fully saturated rings. The standard InChI is InChI=1S/C17H18N2O4/c20-11-9-18-13-5-1-3-7-15(13)19(10-12-23-17(21)22)16-8-4-2-6-14(16)18/h1-8,20H,9-12H2,(H,21,22). The van der Waals surface area contributed by atoms with Crippen LogP contribution in [0.5, 0.6) is 0 Å². The van der Waals surface area contributed by atoms with Gasteiger partial charge in [-0.3, -0.25) is 0 Å². The predicted octanol–water partition coefficient (Wildman–Crippen LogP) is 2.96. The van der Waals surface area contributed by atoms with E-state index in [1.165, 1.54) is 0 Å². The molecule has 120 valence electrons. The number of aliphatic hydroxyl groups is 1. The van der Waals surface area contributed by atoms with E-state index < -0.39 is 6.16 Å². The number of hydrogen-bond donors (Lipinski definition) is 2. The molecular formula is C17H18N2O4. The second-order valence-corrected chi connectivity index (χ2v) is 5.12. The van der Waals surface area contributed by atoms with Gasteiger partial charge in [-0.1, -0.05) is 24.3 Å². The molecule has 0 radical (unpaired) electrons. The number of hydrogen-bond acceptors (Lipinski definition) is 5. The van der Waals surface area contributed by atoms with Gasteiger partial charge in [0.1, 0.15) is 6.61 Å². The Balaban J connectivity index is 2.00. The van der Waals surface area contributed by atoms with Gasteiger partial charge in [-0.25, -0.2) is 4.79 Å². The van der Waals surface area contributed by atoms with Crippen molar-refractivity contribution in [2.45, 2.75) is 0 Å². The van der Waals surface area contributed by atoms with Crippen molar-refractivity contribution in [3.63, 3.8) is 0 Å². The van der Waals surface area contributed by atoms with Crippen molar-refractivity contribution in [3.05, 3.63) is 48.5 Å². The first-order chi connectivity index (χ1) is 11.2. The zero-order valence-corrected chi connectivity index (χ0v) is 12.6. The first-order valence-corrected chi connectivity index (χ1v) is 7.42. The second-order valence-electron chi connectivity index (χ2n) is 5.12. The molecule has 6 nitrogen and oxygen atoms in total. The van der Waals surface area contributed by atoms with Crippen LogP contribution in [0.1, 0.15) is 0 Å². The largest absolute Gasteiger partial charge is 0.505 e. The van der Waals surface area contributed by atoms with Crippen molar-refractivity contribution < 1.29 is 19.7 Å². The summed E-state index contributed by atoms with van der Waals surface area (Å²) in [6.07, 6.45) is -1.27. The van der Waals surface area contributed by atoms with E-state index in [-0.39, 0.29) is 13.2 Å². The van der Waals surface area contributed by atoms with Gasteiger partial charge in [0.05, 0.1) is 35.9 Å². The predicted molar refractivity (Wildman–Crippen MR) is 88.0 cm³/mol. The summed E-state index contributed by atoms with van der Waals surface area (Å²) in [4.78, 5) is 14.7. The van der Waals surface area contributed by atoms with Crippen molar-refractivity contribution in [3.8, 4) is 0 Å². The highest BCUT2D eigenvalue weighted by Gasteiger charge is 2.27. The van der Waals surface area contributed by atoms with Crippen molar-refractivity contribution >= 4 is 28.9 Å². The number of benzene rings is 2. The fourth-order valence-electron chi connectivity index (χ4n) is 2.91. The number of para-hydroxylation sites is 4. The van der Waals surface area contributed by atoms with Crippen LogP contribution in [-0.4, -0.2) is 42.7 Å². The Labute approximate surface area is 134 Å². The molecule has 3 rings (SSSR count). The first-order valence-electron chi connectivity index (χ1n) is 7.42. The monoisotopic (exact) mass is 314 g/mol. The number of anilines is 4. The van der Waals surface area contributed by atoms with Gasteiger partial charge in [0, 0.05) is 6.54 Å². The van der Waals surface area contributed by atoms with Gasteiger partial charge >= 0.3 is 6.16 Å². The zero-order chi connectivity index (χ0) is 16.2. The second kappa shape index (κ2) is 6.58. The molecule has 6 heteroatoms. The van der Waals surface area contributed by atoms with Crippen LogP contribution in [0.3, 0.4) is 0 Å². The van der Waals surface area contributed by atoms with E-state index in [1.807, 2.05) is 53.4 Å². The summed E-state index contributed by atoms with van der Waals surface area (Å²) < 4.78 is 4.67. The summed E-state index contributed by atoms with van der Waals surface area (Å²) >= 11 is 0. The number of rotatable bonds is 5. The van der Waals surface area contributed by atoms with Crippen molar-refractivity contribution in [1.29, 1.82) is 0 Å². The van der Waals surface area contributed by atoms with Crippen LogP contribution < -0.4 is 9.80 Å². The maximum Gasteiger partial charge on any atom is 0.505 e. The molecule has 2 aromatic rings. The fourth-order valence-corrected chi connectivity index (χ4v) is 2.91. The highest BCUT2D eigenvalue weighted by molar-refractivity contribution is 5.93. The van der Waals surface area contributed by atoms with Crippen LogP contribution in [0.2, 0.25) is 0 Å². The smallest absolute Gasteiger partial charge is 0.450 e. The Morgan fingerprint density at radius 3 is 1.70 bits per heavy atom. The molecule has 0 amide bonds. The Kier molecular flexibility index (Phi) is 4.34. The number of nitrogens with zero attached hydrogens (tertiary/aromatic N) is 2. The molecule has 0 aromatic heterocycles. The molecule has 0 aliphatic carbocycles. The molecule has 0 atom stereocenters. The molecule has 1 aliphatic rings. The third-order valence-electron chi connectivity index (χ3n) is 3.79. The molecule has 0 unspecified atom stereocenters. The van der Waals surface area contributed by atoms with E-state index in [0.717, 1.165) is 22.7 Å². The molecular weight excluding hydrogens is 296 g/mol. The Bertz CT molecular complexity index is 657. The molecule has 2 aromatic carbocycles. The van der Waals surface area contributed by atoms with E-state index in [9.17, 15) is 9.90 Å². The minimum Gasteiger partial charge on any atom is -0.450 e. The topological polar surface area (TPSA) is 73.2 Å². The van der Waals surface area contributed by atoms with E-state index in [4.69, 9.17) is 5.11 Å². The average molecular weight is 314 g/mol. The molecule has 0 spiro atoms. The summed E-state index contributed by atoms with van der Waals surface area (Å²) in [5, 5.41) is 18.1. The van der Waals surface area contributed by atoms with Crippen molar-refractivity contribution in [2.75, 3.05) is 36.1 Å². The molecule has 0 bridgehead atoms. The molecule has 1 heterocycles. The van der Waals surface area contributed by atoms with Crippen LogP contribution in [0.4, 0.5) is 27.5 Å². The lowest BCUT2D eigenvalue weighted by Gasteiger charge is -2.39. The van der Waals surface area contributed by atoms with Gasteiger partial charge in [-0.2, -0.15) is 0 Å². The molecule has 0 saturated heterocycles. The maximum absolute atomic E-state index is 10.6. The van der Waals surface area contributed by atoms with Gasteiger partial charge < -0.3 is 24.7 Å². The molecule has 1 aliphatic heterocycles. The van der Waals surface area contributed by atoms with Crippen molar-refractivity contribution in [1.82, 2.24) is 0 Å². The third-order valence-corrected chi connectivity index (χ3v) is 3.79. The van der Waals surface area contributed by atoms with Crippen LogP contribution in [0, 0.1) is 0 Å². The number of β-amino-alcohol motifs (C(OH)–C–C–N with tert-alkyl or cyclic N) is 1. The molecule has 2 N–H and O–H groups in total. The molecule has 0 saturated carbocycles. The summed E-state index contributed by atoms with van der Waals surface area (Å²) in [5.74, 6) is 0. The van der Waals surface area contributed by atoms with Crippen LogP contribution >= 0.6 is 0 Å². The average Bonchev–Trinajstić information content (AvgIpc) is 2.57. The quantitative estimate of drug-likeness (QED) is 0.827. The first kappa shape index (κ1) is 15.2. The Hall–Kier alpha value is -2.73. The van der Waals surface area contributed by atoms with Gasteiger partial charge in [0.15, 0.2) is 0 Å². The Morgan fingerprint density at radius 2 is 1.30 bits per heavy atom. The summed E-state index contributed by atoms with van der Waals surface area (Å²) in [7, 11) is 0. The van der Waals surface area contributed by atoms with E-state index in [2.05, 4.69) is 9.64 Å². The fraction of sp³-hybridized carbons (Fsp3) is 0.235. The van der Waals surface area contributed by atoms with E-state index in [0.29, 0.717) is 13.1 Å². The van der Waals surface area contributed by atoms with Crippen LogP contribution in [0.25, 0.3) is 0 Å². The number of carbonyl (C=O) groups is 1. The van der Waals surface area contributed by atoms with Crippen LogP contribution in [0.15, 0.2) is 48.5 Å². The highest BCUT2D eigenvalue weighted by Crippen LogP contribution is 2.47. The van der Waals surface area contributed by atoms with E-state index >= 15 is 0 Å². The number of aliphatic hydroxyl groups excluding tert-OH is 1. The number of ether oxygens (including phenoxy) is 1. The lowest BCUT2D eigenvalue weighted by molar-refractivity contribution is 0.0944. The SMILES string of the molecule is O=C(O)OCCN1c2ccccc2N(CCO)c2ccccc21. The number of carboxylic acid groups (broad SMARTS) is 1. The lowest BCUT2D eigenvalue weighted by atomic mass is 10.1. The van der Waals surface area contributed by atoms with Gasteiger partial charge in [-0.05, 0) is 24.3 Å². The van der Waals surface area contributed by atoms with Gasteiger partial charge in [-0.15, -0.1) is 0 Å². The van der Waals surface area contributed by atoms with Crippen molar-refractivity contribution in [2.24, 2.45) is 0 Å². The van der Waals surface area contributed by atoms with Crippen LogP contribution in [-0.2, 0) is 4.74 Å². The summed E-state index contributed by atoms with van der Waals surface area (Å²) in [6, 6.07) is 15.7.